The van der Waals surface area contributed by atoms with E-state index >= 15 is 0 Å². The van der Waals surface area contributed by atoms with E-state index in [2.05, 4.69) is 5.32 Å². The van der Waals surface area contributed by atoms with E-state index in [0.29, 0.717) is 12.3 Å². The molecule has 1 fully saturated rings. The minimum absolute atomic E-state index is 0.220. The van der Waals surface area contributed by atoms with Crippen molar-refractivity contribution in [3.63, 3.8) is 0 Å². The molecule has 1 aliphatic rings. The Hall–Kier alpha value is -0.860. The lowest BCUT2D eigenvalue weighted by Gasteiger charge is -2.03. The van der Waals surface area contributed by atoms with Crippen molar-refractivity contribution >= 4 is 12.7 Å². The number of carbonyl (C=O) groups is 2. The molecule has 0 aliphatic heterocycles. The van der Waals surface area contributed by atoms with Gasteiger partial charge in [0.25, 0.3) is 0 Å². The average Bonchev–Trinajstić information content (AvgIpc) is 2.64. The van der Waals surface area contributed by atoms with Crippen LogP contribution >= 0.6 is 0 Å². The molecular weight excluding hydrogens is 118 g/mol. The zero-order chi connectivity index (χ0) is 6.69. The van der Waals surface area contributed by atoms with Crippen LogP contribution in [0.2, 0.25) is 0 Å². The summed E-state index contributed by atoms with van der Waals surface area (Å²) in [7, 11) is 0. The molecule has 0 saturated heterocycles. The van der Waals surface area contributed by atoms with Crippen LogP contribution in [0.3, 0.4) is 0 Å². The Kier molecular flexibility index (Phi) is 1.82. The minimum atomic E-state index is -0.220. The van der Waals surface area contributed by atoms with Crippen molar-refractivity contribution in [3.05, 3.63) is 0 Å². The number of hydrogen-bond acceptors (Lipinski definition) is 2. The monoisotopic (exact) mass is 127 g/mol. The van der Waals surface area contributed by atoms with Gasteiger partial charge in [-0.3, -0.25) is 4.79 Å². The predicted octanol–water partition coefficient (Wildman–Crippen LogP) is -0.290. The second kappa shape index (κ2) is 2.62. The molecule has 0 heterocycles. The Morgan fingerprint density at radius 3 is 2.44 bits per heavy atom. The lowest BCUT2D eigenvalue weighted by Crippen LogP contribution is -2.30. The van der Waals surface area contributed by atoms with Gasteiger partial charge in [0.1, 0.15) is 6.29 Å². The van der Waals surface area contributed by atoms with Crippen LogP contribution in [-0.2, 0) is 9.59 Å². The van der Waals surface area contributed by atoms with Gasteiger partial charge in [-0.1, -0.05) is 0 Å². The molecule has 3 heteroatoms. The molecule has 0 aromatic heterocycles. The molecule has 0 aromatic carbocycles. The fourth-order valence-corrected chi connectivity index (χ4v) is 0.820. The van der Waals surface area contributed by atoms with Gasteiger partial charge in [0.05, 0.1) is 6.04 Å². The summed E-state index contributed by atoms with van der Waals surface area (Å²) in [6, 6.07) is -0.220. The molecule has 1 amide bonds. The van der Waals surface area contributed by atoms with Gasteiger partial charge in [0.2, 0.25) is 6.41 Å². The number of nitrogens with one attached hydrogen (secondary N) is 1. The lowest BCUT2D eigenvalue weighted by molar-refractivity contribution is -0.115. The smallest absolute Gasteiger partial charge is 0.207 e. The molecule has 9 heavy (non-hydrogen) atoms. The Labute approximate surface area is 53.4 Å². The van der Waals surface area contributed by atoms with Gasteiger partial charge in [-0.25, -0.2) is 0 Å². The Morgan fingerprint density at radius 2 is 2.11 bits per heavy atom. The van der Waals surface area contributed by atoms with Gasteiger partial charge in [-0.2, -0.15) is 0 Å². The number of carbonyl (C=O) groups excluding carboxylic acids is 2. The fourth-order valence-electron chi connectivity index (χ4n) is 0.820. The molecule has 0 aromatic rings. The van der Waals surface area contributed by atoms with Crippen molar-refractivity contribution in [2.45, 2.75) is 18.9 Å². The average molecular weight is 127 g/mol. The molecule has 1 unspecified atom stereocenters. The highest BCUT2D eigenvalue weighted by molar-refractivity contribution is 5.64. The van der Waals surface area contributed by atoms with Gasteiger partial charge >= 0.3 is 0 Å². The zero-order valence-corrected chi connectivity index (χ0v) is 5.04. The van der Waals surface area contributed by atoms with Gasteiger partial charge < -0.3 is 10.1 Å². The first-order valence-electron chi connectivity index (χ1n) is 3.03. The van der Waals surface area contributed by atoms with Crippen molar-refractivity contribution in [2.75, 3.05) is 0 Å². The molecule has 50 valence electrons. The van der Waals surface area contributed by atoms with Crippen LogP contribution in [0.1, 0.15) is 12.8 Å². The van der Waals surface area contributed by atoms with Crippen LogP contribution in [0.25, 0.3) is 0 Å². The molecule has 1 saturated carbocycles. The highest BCUT2D eigenvalue weighted by atomic mass is 16.1. The maximum Gasteiger partial charge on any atom is 0.207 e. The molecule has 1 rings (SSSR count). The number of aldehydes is 1. The third-order valence-electron chi connectivity index (χ3n) is 1.54. The number of rotatable bonds is 4. The highest BCUT2D eigenvalue weighted by Gasteiger charge is 2.30. The van der Waals surface area contributed by atoms with Crippen molar-refractivity contribution in [1.82, 2.24) is 5.32 Å². The van der Waals surface area contributed by atoms with E-state index in [9.17, 15) is 9.59 Å². The summed E-state index contributed by atoms with van der Waals surface area (Å²) in [5.41, 5.74) is 0. The van der Waals surface area contributed by atoms with E-state index in [-0.39, 0.29) is 6.04 Å². The second-order valence-electron chi connectivity index (χ2n) is 2.28. The van der Waals surface area contributed by atoms with Gasteiger partial charge in [0, 0.05) is 0 Å². The molecule has 1 N–H and O–H groups in total. The first-order chi connectivity index (χ1) is 4.38. The zero-order valence-electron chi connectivity index (χ0n) is 5.04. The van der Waals surface area contributed by atoms with E-state index in [4.69, 9.17) is 0 Å². The molecule has 3 nitrogen and oxygen atoms in total. The minimum Gasteiger partial charge on any atom is -0.349 e. The predicted molar refractivity (Wildman–Crippen MR) is 31.8 cm³/mol. The van der Waals surface area contributed by atoms with Crippen LogP contribution in [0, 0.1) is 5.92 Å². The second-order valence-corrected chi connectivity index (χ2v) is 2.28. The third kappa shape index (κ3) is 1.52. The fraction of sp³-hybridized carbons (Fsp3) is 0.667. The van der Waals surface area contributed by atoms with E-state index in [0.717, 1.165) is 19.1 Å². The van der Waals surface area contributed by atoms with Crippen molar-refractivity contribution in [1.29, 1.82) is 0 Å². The summed E-state index contributed by atoms with van der Waals surface area (Å²) in [5, 5.41) is 2.45. The van der Waals surface area contributed by atoms with Gasteiger partial charge in [-0.05, 0) is 18.8 Å². The topological polar surface area (TPSA) is 46.2 Å². The van der Waals surface area contributed by atoms with Crippen LogP contribution in [0.15, 0.2) is 0 Å². The quantitative estimate of drug-likeness (QED) is 0.527. The first kappa shape index (κ1) is 6.26. The largest absolute Gasteiger partial charge is 0.349 e. The van der Waals surface area contributed by atoms with Gasteiger partial charge in [-0.15, -0.1) is 0 Å². The third-order valence-corrected chi connectivity index (χ3v) is 1.54. The molecule has 0 radical (unpaired) electrons. The Balaban J connectivity index is 2.28. The SMILES string of the molecule is O=CNC(C=O)C1CC1. The summed E-state index contributed by atoms with van der Waals surface area (Å²) in [6.07, 6.45) is 3.53. The Bertz CT molecular complexity index is 120. The van der Waals surface area contributed by atoms with Crippen LogP contribution in [0.5, 0.6) is 0 Å². The van der Waals surface area contributed by atoms with Crippen LogP contribution in [0.4, 0.5) is 0 Å². The van der Waals surface area contributed by atoms with E-state index in [1.807, 2.05) is 0 Å². The molecule has 0 bridgehead atoms. The number of hydrogen-bond donors (Lipinski definition) is 1. The Morgan fingerprint density at radius 1 is 1.44 bits per heavy atom. The first-order valence-corrected chi connectivity index (χ1v) is 3.03. The standard InChI is InChI=1S/C6H9NO2/c8-3-6(7-4-9)5-1-2-5/h3-6H,1-2H2,(H,7,9). The molecule has 1 atom stereocenters. The van der Waals surface area contributed by atoms with E-state index in [1.54, 1.807) is 0 Å². The highest BCUT2D eigenvalue weighted by Crippen LogP contribution is 2.31. The van der Waals surface area contributed by atoms with Gasteiger partial charge in [0.15, 0.2) is 0 Å². The van der Waals surface area contributed by atoms with Crippen molar-refractivity contribution in [3.8, 4) is 0 Å². The molecule has 1 aliphatic carbocycles. The maximum absolute atomic E-state index is 10.2. The van der Waals surface area contributed by atoms with E-state index in [1.165, 1.54) is 0 Å². The number of amides is 1. The normalized spacial score (nSPS) is 20.4. The summed E-state index contributed by atoms with van der Waals surface area (Å²) in [4.78, 5) is 20.0. The van der Waals surface area contributed by atoms with Crippen molar-refractivity contribution < 1.29 is 9.59 Å². The molecular formula is C6H9NO2. The summed E-state index contributed by atoms with van der Waals surface area (Å²) >= 11 is 0. The lowest BCUT2D eigenvalue weighted by atomic mass is 10.2. The van der Waals surface area contributed by atoms with E-state index < -0.39 is 0 Å². The summed E-state index contributed by atoms with van der Waals surface area (Å²) in [6.45, 7) is 0. The maximum atomic E-state index is 10.2. The van der Waals surface area contributed by atoms with Crippen LogP contribution < -0.4 is 5.32 Å². The summed E-state index contributed by atoms with van der Waals surface area (Å²) < 4.78 is 0. The summed E-state index contributed by atoms with van der Waals surface area (Å²) in [5.74, 6) is 0.424. The molecule has 0 spiro atoms. The van der Waals surface area contributed by atoms with Crippen LogP contribution in [-0.4, -0.2) is 18.7 Å². The van der Waals surface area contributed by atoms with Crippen molar-refractivity contribution in [2.24, 2.45) is 5.92 Å².